The minimum absolute atomic E-state index is 0. The van der Waals surface area contributed by atoms with Gasteiger partial charge in [0.2, 0.25) is 27.9 Å². The molecule has 0 amide bonds. The van der Waals surface area contributed by atoms with Crippen molar-refractivity contribution < 1.29 is 53.1 Å². The van der Waals surface area contributed by atoms with Gasteiger partial charge in [-0.05, 0) is 59.3 Å². The first-order valence-electron chi connectivity index (χ1n) is 21.3. The Kier molecular flexibility index (Phi) is 15.4. The van der Waals surface area contributed by atoms with Crippen molar-refractivity contribution in [2.75, 3.05) is 35.3 Å². The smallest absolute Gasteiger partial charge is 0.368 e. The minimum Gasteiger partial charge on any atom is -0.368 e. The van der Waals surface area contributed by atoms with E-state index in [1.54, 1.807) is 18.6 Å². The van der Waals surface area contributed by atoms with Crippen molar-refractivity contribution in [2.24, 2.45) is 0 Å². The molecule has 6 N–H and O–H groups in total. The monoisotopic (exact) mass is 1110 g/mol. The average Bonchev–Trinajstić information content (AvgIpc) is 3.77. The van der Waals surface area contributed by atoms with Crippen molar-refractivity contribution in [1.82, 2.24) is 74.1 Å². The van der Waals surface area contributed by atoms with Gasteiger partial charge in [-0.15, -0.1) is 4.33 Å². The van der Waals surface area contributed by atoms with Crippen LogP contribution in [0.1, 0.15) is 21.3 Å². The first-order chi connectivity index (χ1) is 34.9. The first kappa shape index (κ1) is 52.5. The Morgan fingerprint density at radius 3 is 1.86 bits per heavy atom. The van der Waals surface area contributed by atoms with Crippen molar-refractivity contribution >= 4 is 100.0 Å². The Morgan fingerprint density at radius 1 is 0.716 bits per heavy atom. The number of benzene rings is 2. The fraction of sp³-hybridized carbons (Fsp3) is 0.136. The SMILES string of the molecule is C.CC.Nc1nc(NCCN2CS2(=O)=O)nc(Nc2cc(S(=O)(=O)O)ccc2SOOO)n1.[Cu+2].c1cnc2c(c1)-c1nc-2nc2[n-]c(nc3nc(nc4[n-]c(n1)c1ncccc41)-c1ncccc1-3)c1ccccc21. The van der Waals surface area contributed by atoms with Crippen LogP contribution in [0.25, 0.3) is 90.1 Å². The minimum atomic E-state index is -4.51. The van der Waals surface area contributed by atoms with Crippen molar-refractivity contribution in [3.8, 4) is 45.8 Å². The summed E-state index contributed by atoms with van der Waals surface area (Å²) in [6.45, 7) is 4.43. The van der Waals surface area contributed by atoms with E-state index >= 15 is 0 Å². The number of pyridine rings is 3. The number of rotatable bonds is 10. The topological polar surface area (TPSA) is 363 Å². The third-order valence-corrected chi connectivity index (χ3v) is 13.4. The fourth-order valence-corrected chi connectivity index (χ4v) is 9.29. The van der Waals surface area contributed by atoms with Gasteiger partial charge >= 0.3 is 17.1 Å². The number of nitrogens with two attached hydrogens (primary N) is 1. The second-order valence-corrected chi connectivity index (χ2v) is 19.0. The number of nitrogens with one attached hydrogen (secondary N) is 2. The van der Waals surface area contributed by atoms with E-state index in [2.05, 4.69) is 49.9 Å². The molecule has 7 aromatic heterocycles. The Labute approximate surface area is 434 Å². The summed E-state index contributed by atoms with van der Waals surface area (Å²) in [6, 6.07) is 22.5. The van der Waals surface area contributed by atoms with Crippen LogP contribution in [0, 0.1) is 0 Å². The van der Waals surface area contributed by atoms with Crippen molar-refractivity contribution in [3.05, 3.63) is 97.5 Å². The molecule has 3 aliphatic heterocycles. The van der Waals surface area contributed by atoms with E-state index < -0.39 is 25.0 Å². The molecule has 9 aromatic rings. The van der Waals surface area contributed by atoms with Gasteiger partial charge in [0, 0.05) is 70.8 Å². The zero-order chi connectivity index (χ0) is 50.1. The van der Waals surface area contributed by atoms with Crippen LogP contribution in [0.4, 0.5) is 23.5 Å². The quantitative estimate of drug-likeness (QED) is 0.0267. The van der Waals surface area contributed by atoms with E-state index in [1.807, 2.05) is 74.5 Å². The largest absolute Gasteiger partial charge is 2.00 e. The van der Waals surface area contributed by atoms with Crippen molar-refractivity contribution in [1.29, 1.82) is 0 Å². The molecule has 0 aliphatic carbocycles. The molecule has 2 aromatic carbocycles. The second kappa shape index (κ2) is 21.8. The van der Waals surface area contributed by atoms with Gasteiger partial charge in [0.15, 0.2) is 0 Å². The predicted octanol–water partition coefficient (Wildman–Crippen LogP) is 5.86. The number of fused-ring (bicyclic) bond motifs is 20. The predicted molar refractivity (Wildman–Crippen MR) is 269 cm³/mol. The van der Waals surface area contributed by atoms with Gasteiger partial charge in [-0.25, -0.2) is 23.6 Å². The molecule has 381 valence electrons. The molecule has 10 heterocycles. The summed E-state index contributed by atoms with van der Waals surface area (Å²) in [4.78, 5) is 63.8. The molecule has 1 saturated heterocycles. The number of hydrogen-bond donors (Lipinski definition) is 5. The number of aromatic nitrogens is 14. The van der Waals surface area contributed by atoms with Crippen molar-refractivity contribution in [3.63, 3.8) is 0 Å². The van der Waals surface area contributed by atoms with Crippen LogP contribution in [0.5, 0.6) is 0 Å². The summed E-state index contributed by atoms with van der Waals surface area (Å²) in [5.74, 6) is 1.47. The van der Waals surface area contributed by atoms with Gasteiger partial charge in [-0.1, -0.05) is 56.6 Å². The summed E-state index contributed by atoms with van der Waals surface area (Å²) < 4.78 is 60.0. The molecule has 12 rings (SSSR count). The van der Waals surface area contributed by atoms with Crippen LogP contribution < -0.4 is 26.3 Å². The molecule has 1 radical (unpaired) electrons. The number of nitrogen functional groups attached to an aromatic ring is 1. The summed E-state index contributed by atoms with van der Waals surface area (Å²) in [5.41, 5.74) is 10.9. The van der Waals surface area contributed by atoms with Crippen LogP contribution in [0.15, 0.2) is 107 Å². The van der Waals surface area contributed by atoms with Gasteiger partial charge in [0.25, 0.3) is 10.1 Å². The molecule has 74 heavy (non-hydrogen) atoms. The normalized spacial score (nSPS) is 13.6. The van der Waals surface area contributed by atoms with Crippen LogP contribution in [-0.2, 0) is 46.6 Å². The van der Waals surface area contributed by atoms with Gasteiger partial charge in [-0.2, -0.15) is 27.7 Å². The molecule has 8 bridgehead atoms. The Balaban J connectivity index is 0.000000194. The van der Waals surface area contributed by atoms with Crippen molar-refractivity contribution in [2.45, 2.75) is 31.1 Å². The van der Waals surface area contributed by atoms with Gasteiger partial charge < -0.3 is 46.3 Å². The summed E-state index contributed by atoms with van der Waals surface area (Å²) >= 11 is 0.526. The average molecular weight is 1110 g/mol. The van der Waals surface area contributed by atoms with E-state index in [1.165, 1.54) is 10.4 Å². The van der Waals surface area contributed by atoms with E-state index in [0.717, 1.165) is 39.4 Å². The Morgan fingerprint density at radius 2 is 1.26 bits per heavy atom. The maximum atomic E-state index is 11.4. The zero-order valence-corrected chi connectivity index (χ0v) is 40.9. The third-order valence-electron chi connectivity index (χ3n) is 10.5. The number of nitrogens with zero attached hydrogens (tertiary/aromatic N) is 15. The molecule has 1 fully saturated rings. The molecule has 1 unspecified atom stereocenters. The molecule has 30 heteroatoms. The van der Waals surface area contributed by atoms with E-state index in [9.17, 15) is 21.4 Å². The molecule has 3 aliphatic rings. The molecule has 1 atom stereocenters. The molecule has 0 spiro atoms. The van der Waals surface area contributed by atoms with Crippen LogP contribution in [0.3, 0.4) is 0 Å². The fourth-order valence-electron chi connectivity index (χ4n) is 7.28. The van der Waals surface area contributed by atoms with Crippen LogP contribution in [-0.4, -0.2) is 110 Å². The first-order valence-corrected chi connectivity index (χ1v) is 25.1. The standard InChI is InChI=1S/C29H13N11.C12H15N7O8S3.C2H6.CH4.Cu/c1-2-7-15-14(6-1)22-33-23(15)35-27-20-17(9-4-12-31-20)25(37-27)39-29-21-18(10-5-13-32-21)26(40-29)38-28-19-16(8-3-11-30-19)24(34-22)36-28;13-10-16-11(14-3-4-19-6-29(19,21)22)18-12(17-10)15-8-5-7(30(23,24)25)1-2-9(8)28-27-26-20;1-2;;/h1-13H;1-2,5,20H,3-4,6H2,(H,23,24,25)(H4,13,14,15,16,17,18);1-2H3;1H4;/q-2;;;;+2. The van der Waals surface area contributed by atoms with E-state index in [0.29, 0.717) is 74.8 Å². The molecular formula is C44H38CuN18O8S3. The summed E-state index contributed by atoms with van der Waals surface area (Å²) in [6.07, 6.45) is 5.12. The Hall–Kier alpha value is -7.77. The van der Waals surface area contributed by atoms with Crippen LogP contribution in [0.2, 0.25) is 0 Å². The summed E-state index contributed by atoms with van der Waals surface area (Å²) in [5, 5.41) is 19.8. The van der Waals surface area contributed by atoms with Gasteiger partial charge in [-0.3, -0.25) is 19.5 Å². The van der Waals surface area contributed by atoms with E-state index in [-0.39, 0.29) is 71.9 Å². The summed E-state index contributed by atoms with van der Waals surface area (Å²) in [7, 11) is -7.62. The number of sulfonamides is 1. The third kappa shape index (κ3) is 10.8. The van der Waals surface area contributed by atoms with Gasteiger partial charge in [0.1, 0.15) is 28.9 Å². The van der Waals surface area contributed by atoms with Gasteiger partial charge in [0.05, 0.1) is 44.7 Å². The molecular weight excluding hydrogens is 1070 g/mol. The number of hydrogen-bond acceptors (Lipinski definition) is 23. The van der Waals surface area contributed by atoms with Crippen LogP contribution >= 0.6 is 12.0 Å². The maximum absolute atomic E-state index is 11.4. The van der Waals surface area contributed by atoms with E-state index in [4.69, 9.17) is 50.9 Å². The maximum Gasteiger partial charge on any atom is 2.00 e. The Bertz CT molecular complexity index is 3680. The molecule has 0 saturated carbocycles. The zero-order valence-electron chi connectivity index (χ0n) is 37.5. The number of anilines is 4. The second-order valence-electron chi connectivity index (χ2n) is 14.9. The molecule has 26 nitrogen and oxygen atoms in total.